The summed E-state index contributed by atoms with van der Waals surface area (Å²) in [6.45, 7) is 3.45. The van der Waals surface area contributed by atoms with Crippen LogP contribution in [-0.4, -0.2) is 32.7 Å². The summed E-state index contributed by atoms with van der Waals surface area (Å²) in [4.78, 5) is 12.5. The van der Waals surface area contributed by atoms with Gasteiger partial charge in [0.15, 0.2) is 28.8 Å². The molecule has 0 saturated heterocycles. The molecule has 6 heteroatoms. The normalized spacial score (nSPS) is 12.9. The Morgan fingerprint density at radius 1 is 1.19 bits per heavy atom. The average Bonchev–Trinajstić information content (AvgIpc) is 2.67. The van der Waals surface area contributed by atoms with Crippen LogP contribution in [0.15, 0.2) is 40.9 Å². The highest BCUT2D eigenvalue weighted by Gasteiger charge is 2.14. The second-order valence-electron chi connectivity index (χ2n) is 5.52. The Hall–Kier alpha value is -2.47. The lowest BCUT2D eigenvalue weighted by atomic mass is 10.1. The smallest absolute Gasteiger partial charge is 0.185 e. The minimum Gasteiger partial charge on any atom is -0.493 e. The predicted molar refractivity (Wildman–Crippen MR) is 103 cm³/mol. The van der Waals surface area contributed by atoms with Crippen molar-refractivity contribution in [3.63, 3.8) is 0 Å². The third-order valence-corrected chi connectivity index (χ3v) is 4.38. The number of hydrogen-bond acceptors (Lipinski definition) is 5. The molecule has 5 nitrogen and oxygen atoms in total. The van der Waals surface area contributed by atoms with Gasteiger partial charge in [-0.3, -0.25) is 4.79 Å². The molecule has 3 rings (SSSR count). The van der Waals surface area contributed by atoms with Gasteiger partial charge < -0.3 is 18.9 Å². The molecule has 2 aromatic rings. The summed E-state index contributed by atoms with van der Waals surface area (Å²) in [5.74, 6) is 2.39. The van der Waals surface area contributed by atoms with Crippen LogP contribution in [0.2, 0.25) is 0 Å². The molecule has 0 bridgehead atoms. The van der Waals surface area contributed by atoms with Crippen LogP contribution in [0.5, 0.6) is 23.0 Å². The van der Waals surface area contributed by atoms with E-state index < -0.39 is 0 Å². The number of allylic oxidation sites excluding steroid dienone is 1. The fraction of sp³-hybridized carbons (Fsp3) is 0.250. The summed E-state index contributed by atoms with van der Waals surface area (Å²) in [7, 11) is 1.58. The highest BCUT2D eigenvalue weighted by Crippen LogP contribution is 2.37. The van der Waals surface area contributed by atoms with Gasteiger partial charge in [-0.25, -0.2) is 0 Å². The molecule has 26 heavy (non-hydrogen) atoms. The van der Waals surface area contributed by atoms with Crippen molar-refractivity contribution in [2.45, 2.75) is 6.92 Å². The highest BCUT2D eigenvalue weighted by atomic mass is 79.9. The zero-order valence-corrected chi connectivity index (χ0v) is 16.2. The van der Waals surface area contributed by atoms with Gasteiger partial charge in [0.25, 0.3) is 0 Å². The molecule has 0 aliphatic carbocycles. The molecule has 0 atom stereocenters. The standard InChI is InChI=1S/C20H19BrO5/c1-3-24-20-15(21)10-13(11-19(20)23-2)4-6-16(22)14-5-7-17-18(12-14)26-9-8-25-17/h4-7,10-12H,3,8-9H2,1-2H3. The van der Waals surface area contributed by atoms with E-state index in [-0.39, 0.29) is 5.78 Å². The maximum absolute atomic E-state index is 12.5. The van der Waals surface area contributed by atoms with Crippen LogP contribution < -0.4 is 18.9 Å². The van der Waals surface area contributed by atoms with E-state index >= 15 is 0 Å². The van der Waals surface area contributed by atoms with Crippen LogP contribution in [0.1, 0.15) is 22.8 Å². The summed E-state index contributed by atoms with van der Waals surface area (Å²) in [6, 6.07) is 8.89. The van der Waals surface area contributed by atoms with Crippen LogP contribution in [0.3, 0.4) is 0 Å². The topological polar surface area (TPSA) is 54.0 Å². The first-order valence-electron chi connectivity index (χ1n) is 8.24. The second kappa shape index (κ2) is 8.27. The minimum absolute atomic E-state index is 0.119. The second-order valence-corrected chi connectivity index (χ2v) is 6.38. The molecule has 1 aliphatic heterocycles. The first kappa shape index (κ1) is 18.3. The number of ether oxygens (including phenoxy) is 4. The molecule has 0 spiro atoms. The van der Waals surface area contributed by atoms with Crippen LogP contribution in [0.25, 0.3) is 6.08 Å². The molecule has 0 aromatic heterocycles. The summed E-state index contributed by atoms with van der Waals surface area (Å²) < 4.78 is 22.7. The number of fused-ring (bicyclic) bond motifs is 1. The van der Waals surface area contributed by atoms with Gasteiger partial charge in [-0.2, -0.15) is 0 Å². The van der Waals surface area contributed by atoms with Crippen molar-refractivity contribution in [2.75, 3.05) is 26.9 Å². The summed E-state index contributed by atoms with van der Waals surface area (Å²) in [5.41, 5.74) is 1.37. The van der Waals surface area contributed by atoms with E-state index in [2.05, 4.69) is 15.9 Å². The third-order valence-electron chi connectivity index (χ3n) is 3.79. The summed E-state index contributed by atoms with van der Waals surface area (Å²) >= 11 is 3.48. The van der Waals surface area contributed by atoms with Gasteiger partial charge in [0.05, 0.1) is 18.2 Å². The molecule has 0 unspecified atom stereocenters. The van der Waals surface area contributed by atoms with E-state index in [9.17, 15) is 4.79 Å². The molecular weight excluding hydrogens is 400 g/mol. The first-order valence-corrected chi connectivity index (χ1v) is 9.04. The number of carbonyl (C=O) groups excluding carboxylic acids is 1. The Morgan fingerprint density at radius 2 is 1.96 bits per heavy atom. The van der Waals surface area contributed by atoms with Crippen molar-refractivity contribution in [3.8, 4) is 23.0 Å². The number of rotatable bonds is 6. The molecule has 0 saturated carbocycles. The molecule has 0 fully saturated rings. The molecule has 0 N–H and O–H groups in total. The monoisotopic (exact) mass is 418 g/mol. The fourth-order valence-corrected chi connectivity index (χ4v) is 3.16. The number of halogens is 1. The zero-order chi connectivity index (χ0) is 18.5. The highest BCUT2D eigenvalue weighted by molar-refractivity contribution is 9.10. The predicted octanol–water partition coefficient (Wildman–Crippen LogP) is 4.52. The van der Waals surface area contributed by atoms with Crippen molar-refractivity contribution in [1.82, 2.24) is 0 Å². The third kappa shape index (κ3) is 4.02. The number of hydrogen-bond donors (Lipinski definition) is 0. The van der Waals surface area contributed by atoms with Crippen molar-refractivity contribution in [1.29, 1.82) is 0 Å². The average molecular weight is 419 g/mol. The lowest BCUT2D eigenvalue weighted by molar-refractivity contribution is 0.104. The van der Waals surface area contributed by atoms with Gasteiger partial charge in [-0.15, -0.1) is 0 Å². The van der Waals surface area contributed by atoms with E-state index in [0.717, 1.165) is 10.0 Å². The molecule has 1 aliphatic rings. The number of methoxy groups -OCH3 is 1. The first-order chi connectivity index (χ1) is 12.6. The Labute approximate surface area is 160 Å². The molecule has 0 radical (unpaired) electrons. The number of carbonyl (C=O) groups is 1. The fourth-order valence-electron chi connectivity index (χ4n) is 2.59. The van der Waals surface area contributed by atoms with Gasteiger partial charge >= 0.3 is 0 Å². The van der Waals surface area contributed by atoms with E-state index in [0.29, 0.717) is 48.4 Å². The Bertz CT molecular complexity index is 844. The van der Waals surface area contributed by atoms with Crippen LogP contribution >= 0.6 is 15.9 Å². The van der Waals surface area contributed by atoms with Crippen LogP contribution in [-0.2, 0) is 0 Å². The minimum atomic E-state index is -0.119. The quantitative estimate of drug-likeness (QED) is 0.509. The van der Waals surface area contributed by atoms with Gasteiger partial charge in [0.2, 0.25) is 0 Å². The van der Waals surface area contributed by atoms with Gasteiger partial charge in [-0.1, -0.05) is 6.08 Å². The van der Waals surface area contributed by atoms with Crippen molar-refractivity contribution in [3.05, 3.63) is 52.0 Å². The van der Waals surface area contributed by atoms with Gasteiger partial charge in [0.1, 0.15) is 13.2 Å². The van der Waals surface area contributed by atoms with Crippen LogP contribution in [0, 0.1) is 0 Å². The van der Waals surface area contributed by atoms with E-state index in [1.807, 2.05) is 19.1 Å². The molecule has 1 heterocycles. The molecular formula is C20H19BrO5. The van der Waals surface area contributed by atoms with Crippen molar-refractivity contribution < 1.29 is 23.7 Å². The lowest BCUT2D eigenvalue weighted by Gasteiger charge is -2.18. The Kier molecular flexibility index (Phi) is 5.83. The lowest BCUT2D eigenvalue weighted by Crippen LogP contribution is -2.15. The largest absolute Gasteiger partial charge is 0.493 e. The SMILES string of the molecule is CCOc1c(Br)cc(C=CC(=O)c2ccc3c(c2)OCCO3)cc1OC. The van der Waals surface area contributed by atoms with E-state index in [1.54, 1.807) is 31.4 Å². The Balaban J connectivity index is 1.81. The Morgan fingerprint density at radius 3 is 2.69 bits per heavy atom. The van der Waals surface area contributed by atoms with E-state index in [1.165, 1.54) is 6.08 Å². The zero-order valence-electron chi connectivity index (χ0n) is 14.6. The van der Waals surface area contributed by atoms with Gasteiger partial charge in [-0.05, 0) is 64.8 Å². The van der Waals surface area contributed by atoms with E-state index in [4.69, 9.17) is 18.9 Å². The number of ketones is 1. The molecule has 2 aromatic carbocycles. The summed E-state index contributed by atoms with van der Waals surface area (Å²) in [6.07, 6.45) is 3.26. The summed E-state index contributed by atoms with van der Waals surface area (Å²) in [5, 5.41) is 0. The molecule has 0 amide bonds. The molecule has 136 valence electrons. The maximum atomic E-state index is 12.5. The number of benzene rings is 2. The maximum Gasteiger partial charge on any atom is 0.185 e. The van der Waals surface area contributed by atoms with Crippen molar-refractivity contribution >= 4 is 27.8 Å². The van der Waals surface area contributed by atoms with Crippen LogP contribution in [0.4, 0.5) is 0 Å². The van der Waals surface area contributed by atoms with Crippen molar-refractivity contribution in [2.24, 2.45) is 0 Å². The van der Waals surface area contributed by atoms with Gasteiger partial charge in [0, 0.05) is 5.56 Å².